The van der Waals surface area contributed by atoms with Crippen LogP contribution in [0.3, 0.4) is 0 Å². The highest BCUT2D eigenvalue weighted by Crippen LogP contribution is 2.13. The first-order valence-electron chi connectivity index (χ1n) is 5.87. The standard InChI is InChI=1S/C12H20N2O3/c1-4-10(11(15)16)13(3)12(17)14-7-5-6-9(2)8-14/h6,10H,4-5,7-8H2,1-3H3,(H,15,16). The van der Waals surface area contributed by atoms with Crippen LogP contribution in [0.15, 0.2) is 11.6 Å². The molecule has 1 rings (SSSR count). The number of carboxylic acids is 1. The molecule has 1 N–H and O–H groups in total. The lowest BCUT2D eigenvalue weighted by molar-refractivity contribution is -0.142. The molecule has 2 amide bonds. The summed E-state index contributed by atoms with van der Waals surface area (Å²) in [7, 11) is 1.55. The number of nitrogens with zero attached hydrogens (tertiary/aromatic N) is 2. The van der Waals surface area contributed by atoms with Gasteiger partial charge in [-0.15, -0.1) is 0 Å². The summed E-state index contributed by atoms with van der Waals surface area (Å²) >= 11 is 0. The Kier molecular flexibility index (Phi) is 4.54. The molecule has 0 saturated heterocycles. The van der Waals surface area contributed by atoms with Crippen LogP contribution in [0.5, 0.6) is 0 Å². The molecule has 0 spiro atoms. The molecule has 0 radical (unpaired) electrons. The zero-order chi connectivity index (χ0) is 13.0. The van der Waals surface area contributed by atoms with Crippen LogP contribution in [0.25, 0.3) is 0 Å². The third-order valence-electron chi connectivity index (χ3n) is 3.04. The van der Waals surface area contributed by atoms with E-state index in [4.69, 9.17) is 5.11 Å². The van der Waals surface area contributed by atoms with Crippen molar-refractivity contribution < 1.29 is 14.7 Å². The molecule has 0 aromatic heterocycles. The molecule has 0 aromatic carbocycles. The average Bonchev–Trinajstić information content (AvgIpc) is 2.28. The van der Waals surface area contributed by atoms with E-state index in [-0.39, 0.29) is 6.03 Å². The van der Waals surface area contributed by atoms with Gasteiger partial charge in [-0.05, 0) is 19.8 Å². The zero-order valence-corrected chi connectivity index (χ0v) is 10.6. The van der Waals surface area contributed by atoms with E-state index < -0.39 is 12.0 Å². The van der Waals surface area contributed by atoms with Crippen LogP contribution in [-0.4, -0.2) is 53.1 Å². The SMILES string of the molecule is CCC(C(=O)O)N(C)C(=O)N1CCC=C(C)C1. The van der Waals surface area contributed by atoms with E-state index in [1.807, 2.05) is 6.92 Å². The van der Waals surface area contributed by atoms with Gasteiger partial charge < -0.3 is 14.9 Å². The van der Waals surface area contributed by atoms with Crippen molar-refractivity contribution in [1.82, 2.24) is 9.80 Å². The topological polar surface area (TPSA) is 60.9 Å². The number of rotatable bonds is 3. The fraction of sp³-hybridized carbons (Fsp3) is 0.667. The summed E-state index contributed by atoms with van der Waals surface area (Å²) < 4.78 is 0. The maximum absolute atomic E-state index is 12.1. The average molecular weight is 240 g/mol. The quantitative estimate of drug-likeness (QED) is 0.761. The van der Waals surface area contributed by atoms with Crippen molar-refractivity contribution in [3.63, 3.8) is 0 Å². The van der Waals surface area contributed by atoms with Gasteiger partial charge in [0, 0.05) is 20.1 Å². The molecule has 0 aliphatic carbocycles. The lowest BCUT2D eigenvalue weighted by Crippen LogP contribution is -2.50. The molecule has 0 aromatic rings. The van der Waals surface area contributed by atoms with E-state index in [1.165, 1.54) is 4.90 Å². The normalized spacial score (nSPS) is 17.4. The first kappa shape index (κ1) is 13.5. The number of carbonyl (C=O) groups excluding carboxylic acids is 1. The molecular weight excluding hydrogens is 220 g/mol. The van der Waals surface area contributed by atoms with Crippen LogP contribution in [0.1, 0.15) is 26.7 Å². The Hall–Kier alpha value is -1.52. The van der Waals surface area contributed by atoms with E-state index in [0.717, 1.165) is 12.0 Å². The molecule has 1 unspecified atom stereocenters. The first-order chi connectivity index (χ1) is 7.97. The predicted molar refractivity (Wildman–Crippen MR) is 64.8 cm³/mol. The molecule has 1 aliphatic rings. The van der Waals surface area contributed by atoms with E-state index in [0.29, 0.717) is 19.5 Å². The minimum absolute atomic E-state index is 0.202. The van der Waals surface area contributed by atoms with Crippen molar-refractivity contribution in [1.29, 1.82) is 0 Å². The lowest BCUT2D eigenvalue weighted by Gasteiger charge is -2.33. The Labute approximate surface area is 102 Å². The minimum Gasteiger partial charge on any atom is -0.480 e. The van der Waals surface area contributed by atoms with Gasteiger partial charge in [0.05, 0.1) is 0 Å². The predicted octanol–water partition coefficient (Wildman–Crippen LogP) is 1.55. The van der Waals surface area contributed by atoms with Crippen LogP contribution in [0.2, 0.25) is 0 Å². The van der Waals surface area contributed by atoms with Crippen LogP contribution < -0.4 is 0 Å². The summed E-state index contributed by atoms with van der Waals surface area (Å²) in [5.74, 6) is -0.951. The second kappa shape index (κ2) is 5.70. The van der Waals surface area contributed by atoms with Crippen molar-refractivity contribution >= 4 is 12.0 Å². The lowest BCUT2D eigenvalue weighted by atomic mass is 10.1. The monoisotopic (exact) mass is 240 g/mol. The highest BCUT2D eigenvalue weighted by atomic mass is 16.4. The molecule has 0 saturated carbocycles. The van der Waals surface area contributed by atoms with Crippen molar-refractivity contribution in [2.24, 2.45) is 0 Å². The highest BCUT2D eigenvalue weighted by Gasteiger charge is 2.28. The van der Waals surface area contributed by atoms with Crippen LogP contribution in [0.4, 0.5) is 4.79 Å². The number of hydrogen-bond donors (Lipinski definition) is 1. The first-order valence-corrected chi connectivity index (χ1v) is 5.87. The van der Waals surface area contributed by atoms with Gasteiger partial charge in [0.15, 0.2) is 0 Å². The zero-order valence-electron chi connectivity index (χ0n) is 10.6. The van der Waals surface area contributed by atoms with Crippen molar-refractivity contribution in [2.45, 2.75) is 32.7 Å². The summed E-state index contributed by atoms with van der Waals surface area (Å²) in [6, 6.07) is -0.944. The molecule has 5 nitrogen and oxygen atoms in total. The number of aliphatic carboxylic acids is 1. The van der Waals surface area contributed by atoms with Gasteiger partial charge in [-0.1, -0.05) is 18.6 Å². The molecule has 1 heterocycles. The van der Waals surface area contributed by atoms with E-state index in [9.17, 15) is 9.59 Å². The fourth-order valence-electron chi connectivity index (χ4n) is 2.05. The summed E-state index contributed by atoms with van der Waals surface area (Å²) in [6.07, 6.45) is 3.37. The van der Waals surface area contributed by atoms with E-state index in [2.05, 4.69) is 6.08 Å². The van der Waals surface area contributed by atoms with Crippen molar-refractivity contribution in [3.8, 4) is 0 Å². The molecule has 0 fully saturated rings. The van der Waals surface area contributed by atoms with Gasteiger partial charge in [-0.25, -0.2) is 9.59 Å². The van der Waals surface area contributed by atoms with Gasteiger partial charge in [0.1, 0.15) is 6.04 Å². The Balaban J connectivity index is 2.69. The van der Waals surface area contributed by atoms with Gasteiger partial charge in [0.2, 0.25) is 0 Å². The van der Waals surface area contributed by atoms with Gasteiger partial charge in [-0.2, -0.15) is 0 Å². The largest absolute Gasteiger partial charge is 0.480 e. The highest BCUT2D eigenvalue weighted by molar-refractivity contribution is 5.82. The number of amides is 2. The molecule has 0 bridgehead atoms. The number of carboxylic acid groups (broad SMARTS) is 1. The van der Waals surface area contributed by atoms with Gasteiger partial charge in [0.25, 0.3) is 0 Å². The molecule has 96 valence electrons. The Morgan fingerprint density at radius 1 is 1.59 bits per heavy atom. The van der Waals surface area contributed by atoms with Gasteiger partial charge >= 0.3 is 12.0 Å². The molecular formula is C12H20N2O3. The molecule has 1 atom stereocenters. The van der Waals surface area contributed by atoms with Crippen LogP contribution >= 0.6 is 0 Å². The van der Waals surface area contributed by atoms with Crippen LogP contribution in [-0.2, 0) is 4.79 Å². The summed E-state index contributed by atoms with van der Waals surface area (Å²) in [6.45, 7) is 5.01. The summed E-state index contributed by atoms with van der Waals surface area (Å²) in [4.78, 5) is 26.1. The van der Waals surface area contributed by atoms with Gasteiger partial charge in [-0.3, -0.25) is 0 Å². The smallest absolute Gasteiger partial charge is 0.326 e. The van der Waals surface area contributed by atoms with Crippen LogP contribution in [0, 0.1) is 0 Å². The van der Waals surface area contributed by atoms with Crippen molar-refractivity contribution in [3.05, 3.63) is 11.6 Å². The molecule has 17 heavy (non-hydrogen) atoms. The number of urea groups is 1. The second-order valence-electron chi connectivity index (χ2n) is 4.42. The molecule has 1 aliphatic heterocycles. The Bertz CT molecular complexity index is 339. The number of carbonyl (C=O) groups is 2. The Morgan fingerprint density at radius 2 is 2.24 bits per heavy atom. The van der Waals surface area contributed by atoms with E-state index in [1.54, 1.807) is 18.9 Å². The third kappa shape index (κ3) is 3.22. The minimum atomic E-state index is -0.951. The van der Waals surface area contributed by atoms with E-state index >= 15 is 0 Å². The Morgan fingerprint density at radius 3 is 2.71 bits per heavy atom. The fourth-order valence-corrected chi connectivity index (χ4v) is 2.05. The second-order valence-corrected chi connectivity index (χ2v) is 4.42. The summed E-state index contributed by atoms with van der Waals surface area (Å²) in [5, 5.41) is 9.02. The number of likely N-dealkylation sites (N-methyl/N-ethyl adjacent to an activating group) is 1. The number of hydrogen-bond acceptors (Lipinski definition) is 2. The molecule has 5 heteroatoms. The van der Waals surface area contributed by atoms with Crippen molar-refractivity contribution in [2.75, 3.05) is 20.1 Å². The summed E-state index contributed by atoms with van der Waals surface area (Å²) in [5.41, 5.74) is 1.15. The maximum atomic E-state index is 12.1. The maximum Gasteiger partial charge on any atom is 0.326 e. The third-order valence-corrected chi connectivity index (χ3v) is 3.04.